The third kappa shape index (κ3) is 9.00. The molecule has 18 heteroatoms. The highest BCUT2D eigenvalue weighted by Gasteiger charge is 2.39. The first kappa shape index (κ1) is 47.3. The van der Waals surface area contributed by atoms with Crippen LogP contribution < -0.4 is 19.5 Å². The van der Waals surface area contributed by atoms with Crippen molar-refractivity contribution in [2.45, 2.75) is 72.2 Å². The number of carboxylic acid groups (broad SMARTS) is 2. The average Bonchev–Trinajstić information content (AvgIpc) is 3.92. The second kappa shape index (κ2) is 17.6. The van der Waals surface area contributed by atoms with Gasteiger partial charge in [0.1, 0.15) is 35.4 Å². The number of nitrogens with zero attached hydrogens (tertiary/aromatic N) is 6. The second-order valence-electron chi connectivity index (χ2n) is 17.7. The quantitative estimate of drug-likeness (QED) is 0.106. The highest BCUT2D eigenvalue weighted by atomic mass is 35.5. The van der Waals surface area contributed by atoms with Crippen molar-refractivity contribution in [3.8, 4) is 22.6 Å². The Morgan fingerprint density at radius 2 is 1.65 bits per heavy atom. The molecule has 8 rings (SSSR count). The van der Waals surface area contributed by atoms with Crippen LogP contribution in [0.1, 0.15) is 74.9 Å². The number of carboxylic acids is 2. The van der Waals surface area contributed by atoms with Crippen LogP contribution in [0.5, 0.6) is 11.5 Å². The standard InChI is InChI=1S/C45H50Cl2N6O5.C2HF3O2/c1-24-17-31(18-25(2)40(24)47)57-16-10-11-33-34-12-13-35(46)39(38-27(4)48-50(7)28(38)5)42(34)52-26(3)22-51(44(54)43(33)52)36-21-32(58-30-14-15-53(8,9)23-30)19-29-20-37(45(55)56)49(6)41(29)36;3-2(4,5)1(6)7/h12-13,17-21,26,30H,10-11,14-16,22-23H2,1-9H3;(H,6,7)/t26-,30?;/m1./s1. The third-order valence-electron chi connectivity index (χ3n) is 12.4. The van der Waals surface area contributed by atoms with Crippen LogP contribution in [0.25, 0.3) is 32.9 Å². The van der Waals surface area contributed by atoms with Gasteiger partial charge in [-0.05, 0) is 94.5 Å². The largest absolute Gasteiger partial charge is 0.542 e. The van der Waals surface area contributed by atoms with Gasteiger partial charge in [-0.1, -0.05) is 29.3 Å². The Morgan fingerprint density at radius 1 is 0.985 bits per heavy atom. The number of hydrogen-bond donors (Lipinski definition) is 1. The van der Waals surface area contributed by atoms with Gasteiger partial charge in [0.15, 0.2) is 6.10 Å². The van der Waals surface area contributed by atoms with Crippen LogP contribution in [0.15, 0.2) is 42.5 Å². The van der Waals surface area contributed by atoms with Gasteiger partial charge in [0.25, 0.3) is 5.91 Å². The first-order valence-electron chi connectivity index (χ1n) is 21.1. The third-order valence-corrected chi connectivity index (χ3v) is 13.4. The maximum absolute atomic E-state index is 15.5. The number of benzene rings is 3. The van der Waals surface area contributed by atoms with Crippen LogP contribution in [0.4, 0.5) is 18.9 Å². The number of aliphatic carboxylic acids is 1. The number of fused-ring (bicyclic) bond motifs is 4. The monoisotopic (exact) mass is 938 g/mol. The molecule has 2 atom stereocenters. The zero-order valence-electron chi connectivity index (χ0n) is 37.6. The predicted molar refractivity (Wildman–Crippen MR) is 242 cm³/mol. The molecule has 0 aliphatic carbocycles. The molecule has 5 heterocycles. The molecule has 1 amide bonds. The summed E-state index contributed by atoms with van der Waals surface area (Å²) in [5, 5.41) is 26.7. The maximum atomic E-state index is 15.5. The minimum atomic E-state index is -5.19. The Labute approximate surface area is 384 Å². The van der Waals surface area contributed by atoms with E-state index in [0.29, 0.717) is 59.0 Å². The van der Waals surface area contributed by atoms with E-state index >= 15 is 4.79 Å². The van der Waals surface area contributed by atoms with Crippen molar-refractivity contribution in [3.05, 3.63) is 92.0 Å². The Bertz CT molecular complexity index is 2880. The van der Waals surface area contributed by atoms with Crippen molar-refractivity contribution in [2.75, 3.05) is 45.2 Å². The van der Waals surface area contributed by atoms with Crippen LogP contribution >= 0.6 is 23.2 Å². The van der Waals surface area contributed by atoms with Crippen molar-refractivity contribution < 1.29 is 51.7 Å². The van der Waals surface area contributed by atoms with Crippen molar-refractivity contribution >= 4 is 68.5 Å². The molecular weight excluding hydrogens is 888 g/mol. The van der Waals surface area contributed by atoms with Gasteiger partial charge in [-0.2, -0.15) is 18.3 Å². The molecule has 0 spiro atoms. The van der Waals surface area contributed by atoms with Gasteiger partial charge in [0.2, 0.25) is 0 Å². The van der Waals surface area contributed by atoms with E-state index in [1.54, 1.807) is 17.7 Å². The minimum absolute atomic E-state index is 0.00134. The first-order valence-corrected chi connectivity index (χ1v) is 21.9. The molecule has 2 aliphatic heterocycles. The highest BCUT2D eigenvalue weighted by Crippen LogP contribution is 2.46. The number of carbonyl (C=O) groups is 3. The zero-order valence-corrected chi connectivity index (χ0v) is 39.1. The number of aryl methyl sites for hydroxylation is 6. The Balaban J connectivity index is 0.000000833. The molecule has 0 bridgehead atoms. The molecular formula is C47H51Cl2F3N6O7. The number of alkyl halides is 3. The topological polar surface area (TPSA) is 144 Å². The molecule has 0 radical (unpaired) electrons. The molecule has 13 nitrogen and oxygen atoms in total. The zero-order chi connectivity index (χ0) is 47.6. The molecule has 0 saturated carbocycles. The summed E-state index contributed by atoms with van der Waals surface area (Å²) in [5.74, 6) is -2.85. The SMILES string of the molecule is Cc1cc(OCCCc2c3n(c4c(-c5c(C)nn(C)c5C)c(Cl)ccc24)[C@H](C)CN(c2cc(OC4CC[N+](C)(C)C4)cc4cc(C(=O)O)n(C)c24)C3=O)cc(C)c1Cl.O=C([O-])C(F)(F)F. The average molecular weight is 940 g/mol. The lowest BCUT2D eigenvalue weighted by Crippen LogP contribution is -2.43. The summed E-state index contributed by atoms with van der Waals surface area (Å²) in [4.78, 5) is 38.5. The number of ether oxygens (including phenoxy) is 2. The number of rotatable bonds is 10. The Hall–Kier alpha value is -5.71. The van der Waals surface area contributed by atoms with Gasteiger partial charge in [-0.15, -0.1) is 0 Å². The van der Waals surface area contributed by atoms with E-state index in [1.807, 2.05) is 80.7 Å². The highest BCUT2D eigenvalue weighted by molar-refractivity contribution is 6.35. The smallest absolute Gasteiger partial charge is 0.430 e. The first-order chi connectivity index (χ1) is 30.4. The number of quaternary nitrogens is 1. The lowest BCUT2D eigenvalue weighted by Gasteiger charge is -2.35. The Morgan fingerprint density at radius 3 is 2.22 bits per heavy atom. The summed E-state index contributed by atoms with van der Waals surface area (Å²) in [7, 11) is 8.06. The Kier molecular flexibility index (Phi) is 12.8. The molecule has 2 aliphatic rings. The fraction of sp³-hybridized carbons (Fsp3) is 0.404. The number of likely N-dealkylation sites (N-methyl/N-ethyl adjacent to an activating group) is 1. The van der Waals surface area contributed by atoms with Crippen molar-refractivity contribution in [1.82, 2.24) is 18.9 Å². The summed E-state index contributed by atoms with van der Waals surface area (Å²) in [6.45, 7) is 12.7. The van der Waals surface area contributed by atoms with Crippen LogP contribution in [0, 0.1) is 27.7 Å². The predicted octanol–water partition coefficient (Wildman–Crippen LogP) is 8.53. The molecule has 3 aromatic heterocycles. The number of halogens is 5. The number of likely N-dealkylation sites (tertiary alicyclic amines) is 1. The summed E-state index contributed by atoms with van der Waals surface area (Å²) in [6.07, 6.45) is -3.09. The summed E-state index contributed by atoms with van der Waals surface area (Å²) >= 11 is 13.6. The molecule has 65 heavy (non-hydrogen) atoms. The molecule has 1 saturated heterocycles. The molecule has 1 N–H and O–H groups in total. The summed E-state index contributed by atoms with van der Waals surface area (Å²) < 4.78 is 51.0. The van der Waals surface area contributed by atoms with E-state index < -0.39 is 18.1 Å². The van der Waals surface area contributed by atoms with Gasteiger partial charge in [0.05, 0.1) is 54.7 Å². The van der Waals surface area contributed by atoms with Gasteiger partial charge < -0.3 is 43.0 Å². The lowest BCUT2D eigenvalue weighted by atomic mass is 9.98. The fourth-order valence-electron chi connectivity index (χ4n) is 9.39. The minimum Gasteiger partial charge on any atom is -0.542 e. The molecule has 1 unspecified atom stereocenters. The maximum Gasteiger partial charge on any atom is 0.430 e. The number of amides is 1. The van der Waals surface area contributed by atoms with Crippen molar-refractivity contribution in [2.24, 2.45) is 14.1 Å². The van der Waals surface area contributed by atoms with E-state index in [1.165, 1.54) is 0 Å². The van der Waals surface area contributed by atoms with Crippen LogP contribution in [-0.2, 0) is 25.3 Å². The lowest BCUT2D eigenvalue weighted by molar-refractivity contribution is -0.879. The van der Waals surface area contributed by atoms with E-state index in [4.69, 9.17) is 47.7 Å². The summed E-state index contributed by atoms with van der Waals surface area (Å²) in [6, 6.07) is 13.2. The van der Waals surface area contributed by atoms with E-state index in [9.17, 15) is 23.1 Å². The number of aromatic carboxylic acids is 1. The van der Waals surface area contributed by atoms with Crippen LogP contribution in [0.3, 0.4) is 0 Å². The van der Waals surface area contributed by atoms with E-state index in [2.05, 4.69) is 25.6 Å². The van der Waals surface area contributed by atoms with Crippen LogP contribution in [0.2, 0.25) is 10.0 Å². The van der Waals surface area contributed by atoms with Gasteiger partial charge in [0, 0.05) is 71.8 Å². The van der Waals surface area contributed by atoms with E-state index in [0.717, 1.165) is 84.9 Å². The number of carbonyl (C=O) groups excluding carboxylic acids is 2. The van der Waals surface area contributed by atoms with Gasteiger partial charge in [-0.25, -0.2) is 4.79 Å². The second-order valence-corrected chi connectivity index (χ2v) is 18.5. The fourth-order valence-corrected chi connectivity index (χ4v) is 9.74. The molecule has 3 aromatic carbocycles. The van der Waals surface area contributed by atoms with Gasteiger partial charge >= 0.3 is 12.1 Å². The van der Waals surface area contributed by atoms with Crippen LogP contribution in [-0.4, -0.2) is 99.0 Å². The van der Waals surface area contributed by atoms with E-state index in [-0.39, 0.29) is 23.7 Å². The van der Waals surface area contributed by atoms with Crippen molar-refractivity contribution in [3.63, 3.8) is 0 Å². The van der Waals surface area contributed by atoms with Gasteiger partial charge in [-0.3, -0.25) is 9.48 Å². The number of anilines is 1. The number of hydrogen-bond acceptors (Lipinski definition) is 7. The van der Waals surface area contributed by atoms with Crippen molar-refractivity contribution in [1.29, 1.82) is 0 Å². The molecule has 6 aromatic rings. The number of aromatic nitrogens is 4. The molecule has 346 valence electrons. The summed E-state index contributed by atoms with van der Waals surface area (Å²) in [5.41, 5.74) is 9.35. The normalized spacial score (nSPS) is 17.1. The molecule has 1 fully saturated rings.